The van der Waals surface area contributed by atoms with Gasteiger partial charge in [0.1, 0.15) is 17.5 Å². The number of nitrogens with one attached hydrogen (secondary N) is 1. The molecule has 0 aliphatic rings. The molecule has 16 heavy (non-hydrogen) atoms. The molecule has 0 aromatic carbocycles. The van der Waals surface area contributed by atoms with E-state index in [1.807, 2.05) is 14.0 Å². The maximum Gasteiger partial charge on any atom is 0.142 e. The molecule has 1 aromatic rings. The summed E-state index contributed by atoms with van der Waals surface area (Å²) in [6.07, 6.45) is 0. The largest absolute Gasteiger partial charge is 0.366 e. The van der Waals surface area contributed by atoms with Crippen LogP contribution in [0.3, 0.4) is 0 Å². The molecule has 0 saturated heterocycles. The number of nitriles is 1. The van der Waals surface area contributed by atoms with E-state index in [-0.39, 0.29) is 11.5 Å². The predicted octanol–water partition coefficient (Wildman–Crippen LogP) is 2.45. The highest BCUT2D eigenvalue weighted by Crippen LogP contribution is 2.25. The molecular formula is C12H20N4. The van der Waals surface area contributed by atoms with E-state index in [0.29, 0.717) is 5.56 Å². The van der Waals surface area contributed by atoms with Gasteiger partial charge in [-0.25, -0.2) is 0 Å². The van der Waals surface area contributed by atoms with Crippen molar-refractivity contribution < 1.29 is 0 Å². The summed E-state index contributed by atoms with van der Waals surface area (Å²) in [4.78, 5) is 0. The molecule has 1 rings (SSSR count). The van der Waals surface area contributed by atoms with Gasteiger partial charge in [0.25, 0.3) is 0 Å². The summed E-state index contributed by atoms with van der Waals surface area (Å²) in [6, 6.07) is 2.47. The normalized spacial score (nSPS) is 13.3. The maximum absolute atomic E-state index is 9.08. The lowest BCUT2D eigenvalue weighted by atomic mass is 9.88. The van der Waals surface area contributed by atoms with Crippen LogP contribution >= 0.6 is 0 Å². The van der Waals surface area contributed by atoms with Crippen LogP contribution in [0.5, 0.6) is 0 Å². The van der Waals surface area contributed by atoms with Crippen LogP contribution in [0.25, 0.3) is 0 Å². The lowest BCUT2D eigenvalue weighted by Gasteiger charge is -2.28. The van der Waals surface area contributed by atoms with Gasteiger partial charge in [-0.1, -0.05) is 20.8 Å². The smallest absolute Gasteiger partial charge is 0.142 e. The molecule has 1 N–H and O–H groups in total. The van der Waals surface area contributed by atoms with E-state index in [2.05, 4.69) is 44.2 Å². The number of aromatic nitrogens is 2. The Morgan fingerprint density at radius 3 is 2.44 bits per heavy atom. The Morgan fingerprint density at radius 2 is 2.00 bits per heavy atom. The van der Waals surface area contributed by atoms with E-state index >= 15 is 0 Å². The van der Waals surface area contributed by atoms with Crippen molar-refractivity contribution in [1.29, 1.82) is 5.26 Å². The highest BCUT2D eigenvalue weighted by molar-refractivity contribution is 5.55. The maximum atomic E-state index is 9.08. The van der Waals surface area contributed by atoms with E-state index in [0.717, 1.165) is 11.5 Å². The SMILES string of the molecule is Cc1nn(C)c(NC(C)C(C)(C)C)c1C#N. The average molecular weight is 220 g/mol. The summed E-state index contributed by atoms with van der Waals surface area (Å²) >= 11 is 0. The Hall–Kier alpha value is -1.50. The van der Waals surface area contributed by atoms with Gasteiger partial charge in [0, 0.05) is 13.1 Å². The van der Waals surface area contributed by atoms with Crippen molar-refractivity contribution >= 4 is 5.82 Å². The van der Waals surface area contributed by atoms with Crippen LogP contribution < -0.4 is 5.32 Å². The Balaban J connectivity index is 3.03. The molecule has 1 atom stereocenters. The highest BCUT2D eigenvalue weighted by atomic mass is 15.3. The van der Waals surface area contributed by atoms with Gasteiger partial charge in [0.05, 0.1) is 5.69 Å². The summed E-state index contributed by atoms with van der Waals surface area (Å²) in [6.45, 7) is 10.5. The van der Waals surface area contributed by atoms with Crippen molar-refractivity contribution in [2.45, 2.75) is 40.7 Å². The van der Waals surface area contributed by atoms with Gasteiger partial charge in [-0.15, -0.1) is 0 Å². The van der Waals surface area contributed by atoms with Gasteiger partial charge >= 0.3 is 0 Å². The third-order valence-corrected chi connectivity index (χ3v) is 2.99. The first-order valence-electron chi connectivity index (χ1n) is 5.47. The monoisotopic (exact) mass is 220 g/mol. The lowest BCUT2D eigenvalue weighted by molar-refractivity contribution is 0.357. The van der Waals surface area contributed by atoms with Crippen molar-refractivity contribution in [3.8, 4) is 6.07 Å². The molecule has 1 unspecified atom stereocenters. The number of nitrogens with zero attached hydrogens (tertiary/aromatic N) is 3. The van der Waals surface area contributed by atoms with Crippen molar-refractivity contribution in [2.75, 3.05) is 5.32 Å². The van der Waals surface area contributed by atoms with Crippen molar-refractivity contribution in [3.05, 3.63) is 11.3 Å². The molecule has 0 amide bonds. The molecule has 1 aromatic heterocycles. The zero-order valence-electron chi connectivity index (χ0n) is 10.9. The van der Waals surface area contributed by atoms with E-state index in [1.165, 1.54) is 0 Å². The average Bonchev–Trinajstić information content (AvgIpc) is 2.40. The van der Waals surface area contributed by atoms with E-state index in [9.17, 15) is 0 Å². The summed E-state index contributed by atoms with van der Waals surface area (Å²) in [7, 11) is 1.85. The van der Waals surface area contributed by atoms with Gasteiger partial charge in [-0.05, 0) is 19.3 Å². The Labute approximate surface area is 97.3 Å². The third-order valence-electron chi connectivity index (χ3n) is 2.99. The van der Waals surface area contributed by atoms with Crippen LogP contribution in [0.15, 0.2) is 0 Å². The number of anilines is 1. The highest BCUT2D eigenvalue weighted by Gasteiger charge is 2.23. The molecule has 0 bridgehead atoms. The quantitative estimate of drug-likeness (QED) is 0.833. The minimum atomic E-state index is 0.144. The first-order valence-corrected chi connectivity index (χ1v) is 5.47. The number of hydrogen-bond acceptors (Lipinski definition) is 3. The van der Waals surface area contributed by atoms with Crippen LogP contribution in [0.1, 0.15) is 39.0 Å². The molecule has 88 valence electrons. The van der Waals surface area contributed by atoms with Crippen LogP contribution in [-0.4, -0.2) is 15.8 Å². The summed E-state index contributed by atoms with van der Waals surface area (Å²) in [5.74, 6) is 0.808. The zero-order chi connectivity index (χ0) is 12.5. The van der Waals surface area contributed by atoms with Crippen molar-refractivity contribution in [3.63, 3.8) is 0 Å². The van der Waals surface area contributed by atoms with Crippen LogP contribution in [-0.2, 0) is 7.05 Å². The zero-order valence-corrected chi connectivity index (χ0v) is 10.9. The standard InChI is InChI=1S/C12H20N4/c1-8-10(7-13)11(16(6)15-8)14-9(2)12(3,4)5/h9,14H,1-6H3. The van der Waals surface area contributed by atoms with E-state index < -0.39 is 0 Å². The van der Waals surface area contributed by atoms with Crippen LogP contribution in [0.2, 0.25) is 0 Å². The van der Waals surface area contributed by atoms with Crippen molar-refractivity contribution in [2.24, 2.45) is 12.5 Å². The van der Waals surface area contributed by atoms with Gasteiger partial charge in [0.2, 0.25) is 0 Å². The number of aryl methyl sites for hydroxylation is 2. The molecule has 0 saturated carbocycles. The second kappa shape index (κ2) is 4.17. The molecule has 0 aliphatic carbocycles. The summed E-state index contributed by atoms with van der Waals surface area (Å²) < 4.78 is 1.73. The summed E-state index contributed by atoms with van der Waals surface area (Å²) in [5.41, 5.74) is 1.55. The topological polar surface area (TPSA) is 53.6 Å². The molecule has 0 fully saturated rings. The van der Waals surface area contributed by atoms with Crippen LogP contribution in [0, 0.1) is 23.7 Å². The Kier molecular flexibility index (Phi) is 3.27. The van der Waals surface area contributed by atoms with E-state index in [4.69, 9.17) is 5.26 Å². The second-order valence-corrected chi connectivity index (χ2v) is 5.28. The fourth-order valence-electron chi connectivity index (χ4n) is 1.38. The Bertz CT molecular complexity index is 417. The molecule has 4 heteroatoms. The third kappa shape index (κ3) is 2.35. The number of hydrogen-bond donors (Lipinski definition) is 1. The minimum Gasteiger partial charge on any atom is -0.366 e. The van der Waals surface area contributed by atoms with Crippen molar-refractivity contribution in [1.82, 2.24) is 9.78 Å². The molecule has 0 aliphatic heterocycles. The minimum absolute atomic E-state index is 0.144. The fourth-order valence-corrected chi connectivity index (χ4v) is 1.38. The molecule has 1 heterocycles. The lowest BCUT2D eigenvalue weighted by Crippen LogP contribution is -2.31. The van der Waals surface area contributed by atoms with Gasteiger partial charge in [0.15, 0.2) is 0 Å². The molecule has 0 spiro atoms. The van der Waals surface area contributed by atoms with Gasteiger partial charge in [-0.3, -0.25) is 4.68 Å². The Morgan fingerprint density at radius 1 is 1.44 bits per heavy atom. The molecule has 0 radical (unpaired) electrons. The molecular weight excluding hydrogens is 200 g/mol. The van der Waals surface area contributed by atoms with Gasteiger partial charge in [-0.2, -0.15) is 10.4 Å². The first kappa shape index (κ1) is 12.6. The summed E-state index contributed by atoms with van der Waals surface area (Å²) in [5, 5.41) is 16.7. The predicted molar refractivity (Wildman–Crippen MR) is 65.2 cm³/mol. The van der Waals surface area contributed by atoms with Crippen LogP contribution in [0.4, 0.5) is 5.82 Å². The second-order valence-electron chi connectivity index (χ2n) is 5.28. The van der Waals surface area contributed by atoms with E-state index in [1.54, 1.807) is 4.68 Å². The molecule has 4 nitrogen and oxygen atoms in total. The number of rotatable bonds is 2. The first-order chi connectivity index (χ1) is 7.27. The fraction of sp³-hybridized carbons (Fsp3) is 0.667. The van der Waals surface area contributed by atoms with Gasteiger partial charge < -0.3 is 5.32 Å².